The monoisotopic (exact) mass is 436 g/mol. The number of carbonyl (C=O) groups is 2. The lowest BCUT2D eigenvalue weighted by atomic mass is 10.2. The van der Waals surface area contributed by atoms with Gasteiger partial charge in [0.2, 0.25) is 0 Å². The summed E-state index contributed by atoms with van der Waals surface area (Å²) in [6, 6.07) is 19.6. The van der Waals surface area contributed by atoms with Crippen LogP contribution in [-0.2, 0) is 9.53 Å². The van der Waals surface area contributed by atoms with E-state index in [9.17, 15) is 19.7 Å². The molecule has 1 N–H and O–H groups in total. The Balaban J connectivity index is 1.59. The van der Waals surface area contributed by atoms with Gasteiger partial charge in [-0.3, -0.25) is 14.9 Å². The van der Waals surface area contributed by atoms with E-state index < -0.39 is 22.9 Å². The molecule has 9 nitrogen and oxygen atoms in total. The zero-order valence-electron chi connectivity index (χ0n) is 17.3. The fourth-order valence-corrected chi connectivity index (χ4v) is 2.72. The number of ether oxygens (including phenoxy) is 3. The molecular weight excluding hydrogens is 416 g/mol. The van der Waals surface area contributed by atoms with Gasteiger partial charge in [0, 0.05) is 11.8 Å². The van der Waals surface area contributed by atoms with Gasteiger partial charge in [-0.25, -0.2) is 4.79 Å². The molecule has 0 aromatic heterocycles. The summed E-state index contributed by atoms with van der Waals surface area (Å²) in [4.78, 5) is 35.2. The molecule has 0 spiro atoms. The third-order valence-corrected chi connectivity index (χ3v) is 4.37. The number of nitro groups is 1. The minimum atomic E-state index is -1.14. The Kier molecular flexibility index (Phi) is 7.02. The maximum Gasteiger partial charge on any atom is 0.339 e. The number of esters is 1. The highest BCUT2D eigenvalue weighted by Gasteiger charge is 2.23. The van der Waals surface area contributed by atoms with Gasteiger partial charge in [0.15, 0.2) is 11.9 Å². The summed E-state index contributed by atoms with van der Waals surface area (Å²) in [7, 11) is 1.28. The summed E-state index contributed by atoms with van der Waals surface area (Å²) >= 11 is 0. The lowest BCUT2D eigenvalue weighted by Crippen LogP contribution is -2.30. The average Bonchev–Trinajstić information content (AvgIpc) is 2.80. The molecule has 0 aliphatic carbocycles. The first kappa shape index (κ1) is 22.3. The Morgan fingerprint density at radius 1 is 0.969 bits per heavy atom. The van der Waals surface area contributed by atoms with Crippen molar-refractivity contribution in [2.45, 2.75) is 13.0 Å². The molecule has 0 aliphatic rings. The molecule has 1 amide bonds. The number of hydrogen-bond donors (Lipinski definition) is 1. The number of nitrogens with zero attached hydrogens (tertiary/aromatic N) is 1. The molecule has 0 heterocycles. The molecule has 3 aromatic rings. The fraction of sp³-hybridized carbons (Fsp3) is 0.130. The summed E-state index contributed by atoms with van der Waals surface area (Å²) in [5.74, 6) is -0.140. The lowest BCUT2D eigenvalue weighted by Gasteiger charge is -2.14. The zero-order valence-corrected chi connectivity index (χ0v) is 17.3. The lowest BCUT2D eigenvalue weighted by molar-refractivity contribution is -0.385. The van der Waals surface area contributed by atoms with E-state index in [1.807, 2.05) is 30.3 Å². The van der Waals surface area contributed by atoms with Crippen molar-refractivity contribution in [3.8, 4) is 17.2 Å². The van der Waals surface area contributed by atoms with Crippen LogP contribution in [0.3, 0.4) is 0 Å². The smallest absolute Gasteiger partial charge is 0.339 e. The third-order valence-electron chi connectivity index (χ3n) is 4.37. The van der Waals surface area contributed by atoms with Gasteiger partial charge >= 0.3 is 11.7 Å². The van der Waals surface area contributed by atoms with E-state index in [0.717, 1.165) is 6.07 Å². The van der Waals surface area contributed by atoms with Gasteiger partial charge in [0.25, 0.3) is 5.91 Å². The van der Waals surface area contributed by atoms with Crippen LogP contribution in [0, 0.1) is 10.1 Å². The number of carbonyl (C=O) groups excluding carboxylic acids is 2. The standard InChI is InChI=1S/C23H20N2O7/c1-15(31-23(27)16-8-13-21(30-2)20(14-16)25(28)29)22(26)24-17-9-11-19(12-10-17)32-18-6-4-3-5-7-18/h3-15H,1-2H3,(H,24,26). The minimum Gasteiger partial charge on any atom is -0.490 e. The zero-order chi connectivity index (χ0) is 23.1. The van der Waals surface area contributed by atoms with Gasteiger partial charge < -0.3 is 19.5 Å². The van der Waals surface area contributed by atoms with E-state index in [2.05, 4.69) is 5.32 Å². The maximum atomic E-state index is 12.4. The number of hydrogen-bond acceptors (Lipinski definition) is 7. The predicted octanol–water partition coefficient (Wildman–Crippen LogP) is 4.58. The molecule has 0 aliphatic heterocycles. The van der Waals surface area contributed by atoms with Gasteiger partial charge in [-0.05, 0) is 55.5 Å². The molecule has 0 bridgehead atoms. The van der Waals surface area contributed by atoms with Crippen LogP contribution in [0.2, 0.25) is 0 Å². The number of rotatable bonds is 8. The second-order valence-electron chi connectivity index (χ2n) is 6.62. The van der Waals surface area contributed by atoms with E-state index in [4.69, 9.17) is 14.2 Å². The first-order chi connectivity index (χ1) is 15.4. The Labute approximate surface area is 183 Å². The Morgan fingerprint density at radius 2 is 1.62 bits per heavy atom. The highest BCUT2D eigenvalue weighted by Crippen LogP contribution is 2.28. The average molecular weight is 436 g/mol. The van der Waals surface area contributed by atoms with Crippen molar-refractivity contribution in [3.05, 3.63) is 88.5 Å². The maximum absolute atomic E-state index is 12.4. The van der Waals surface area contributed by atoms with Crippen LogP contribution in [0.25, 0.3) is 0 Å². The molecule has 0 saturated heterocycles. The molecular formula is C23H20N2O7. The Hall–Kier alpha value is -4.40. The SMILES string of the molecule is COc1ccc(C(=O)OC(C)C(=O)Nc2ccc(Oc3ccccc3)cc2)cc1[N+](=O)[O-]. The quantitative estimate of drug-likeness (QED) is 0.312. The van der Waals surface area contributed by atoms with Crippen molar-refractivity contribution in [2.24, 2.45) is 0 Å². The summed E-state index contributed by atoms with van der Waals surface area (Å²) in [6.45, 7) is 1.40. The molecule has 1 unspecified atom stereocenters. The van der Waals surface area contributed by atoms with Crippen LogP contribution in [0.15, 0.2) is 72.8 Å². The van der Waals surface area contributed by atoms with Gasteiger partial charge in [-0.15, -0.1) is 0 Å². The van der Waals surface area contributed by atoms with Gasteiger partial charge in [0.1, 0.15) is 11.5 Å². The van der Waals surface area contributed by atoms with Crippen molar-refractivity contribution in [1.29, 1.82) is 0 Å². The molecule has 0 radical (unpaired) electrons. The fourth-order valence-electron chi connectivity index (χ4n) is 2.72. The molecule has 0 saturated carbocycles. The van der Waals surface area contributed by atoms with E-state index in [-0.39, 0.29) is 17.0 Å². The first-order valence-electron chi connectivity index (χ1n) is 9.54. The number of amides is 1. The predicted molar refractivity (Wildman–Crippen MR) is 116 cm³/mol. The summed E-state index contributed by atoms with van der Waals surface area (Å²) < 4.78 is 15.7. The number of anilines is 1. The van der Waals surface area contributed by atoms with Crippen molar-refractivity contribution < 1.29 is 28.7 Å². The van der Waals surface area contributed by atoms with Crippen molar-refractivity contribution >= 4 is 23.3 Å². The molecule has 3 rings (SSSR count). The molecule has 1 atom stereocenters. The number of nitro benzene ring substituents is 1. The van der Waals surface area contributed by atoms with Gasteiger partial charge in [0.05, 0.1) is 17.6 Å². The normalized spacial score (nSPS) is 11.2. The highest BCUT2D eigenvalue weighted by molar-refractivity contribution is 5.97. The second-order valence-corrected chi connectivity index (χ2v) is 6.62. The molecule has 32 heavy (non-hydrogen) atoms. The van der Waals surface area contributed by atoms with E-state index in [1.54, 1.807) is 24.3 Å². The number of methoxy groups -OCH3 is 1. The first-order valence-corrected chi connectivity index (χ1v) is 9.54. The van der Waals surface area contributed by atoms with E-state index in [1.165, 1.54) is 26.2 Å². The summed E-state index contributed by atoms with van der Waals surface area (Å²) in [5, 5.41) is 13.8. The topological polar surface area (TPSA) is 117 Å². The Bertz CT molecular complexity index is 1110. The molecule has 3 aromatic carbocycles. The highest BCUT2D eigenvalue weighted by atomic mass is 16.6. The molecule has 164 valence electrons. The Morgan fingerprint density at radius 3 is 2.25 bits per heavy atom. The van der Waals surface area contributed by atoms with Crippen LogP contribution in [-0.4, -0.2) is 30.0 Å². The van der Waals surface area contributed by atoms with Gasteiger partial charge in [-0.1, -0.05) is 18.2 Å². The van der Waals surface area contributed by atoms with Crippen LogP contribution in [0.1, 0.15) is 17.3 Å². The van der Waals surface area contributed by atoms with E-state index in [0.29, 0.717) is 17.2 Å². The van der Waals surface area contributed by atoms with Crippen LogP contribution in [0.5, 0.6) is 17.2 Å². The number of benzene rings is 3. The van der Waals surface area contributed by atoms with Crippen LogP contribution < -0.4 is 14.8 Å². The van der Waals surface area contributed by atoms with Gasteiger partial charge in [-0.2, -0.15) is 0 Å². The molecule has 0 fully saturated rings. The van der Waals surface area contributed by atoms with Crippen LogP contribution >= 0.6 is 0 Å². The minimum absolute atomic E-state index is 0.0111. The second kappa shape index (κ2) is 10.1. The summed E-state index contributed by atoms with van der Waals surface area (Å²) in [5.41, 5.74) is 0.0369. The van der Waals surface area contributed by atoms with E-state index >= 15 is 0 Å². The number of para-hydroxylation sites is 1. The number of nitrogens with one attached hydrogen (secondary N) is 1. The summed E-state index contributed by atoms with van der Waals surface area (Å²) in [6.07, 6.45) is -1.14. The van der Waals surface area contributed by atoms with Crippen LogP contribution in [0.4, 0.5) is 11.4 Å². The largest absolute Gasteiger partial charge is 0.490 e. The van der Waals surface area contributed by atoms with Crippen molar-refractivity contribution in [3.63, 3.8) is 0 Å². The van der Waals surface area contributed by atoms with Crippen molar-refractivity contribution in [1.82, 2.24) is 0 Å². The molecule has 9 heteroatoms. The third kappa shape index (κ3) is 5.60. The van der Waals surface area contributed by atoms with Crippen molar-refractivity contribution in [2.75, 3.05) is 12.4 Å².